The molecule has 108 valence electrons. The molecule has 0 saturated heterocycles. The topological polar surface area (TPSA) is 49.2 Å². The molecular weight excluding hydrogens is 252 g/mol. The Labute approximate surface area is 119 Å². The molecule has 0 aliphatic rings. The summed E-state index contributed by atoms with van der Waals surface area (Å²) in [5, 5.41) is 0. The van der Waals surface area contributed by atoms with E-state index in [-0.39, 0.29) is 5.43 Å². The molecule has 0 saturated carbocycles. The van der Waals surface area contributed by atoms with Gasteiger partial charge in [-0.2, -0.15) is 0 Å². The van der Waals surface area contributed by atoms with Crippen LogP contribution in [0.1, 0.15) is 35.3 Å². The number of H-pyrrole nitrogens is 1. The standard InChI is InChI=1S/C16H22N2O2/c1-5-18(9-14-7-6-12(3)20-14)10-15-13(4)16(19)11(2)8-17-15/h6-8H,5,9-10H2,1-4H3,(H,17,19). The molecule has 0 spiro atoms. The van der Waals surface area contributed by atoms with E-state index in [4.69, 9.17) is 4.42 Å². The van der Waals surface area contributed by atoms with Gasteiger partial charge in [0.1, 0.15) is 11.5 Å². The number of pyridine rings is 1. The summed E-state index contributed by atoms with van der Waals surface area (Å²) in [6.45, 7) is 10.1. The van der Waals surface area contributed by atoms with Crippen LogP contribution in [0.25, 0.3) is 0 Å². The molecule has 4 nitrogen and oxygen atoms in total. The monoisotopic (exact) mass is 274 g/mol. The third-order valence-corrected chi connectivity index (χ3v) is 3.62. The first-order valence-corrected chi connectivity index (χ1v) is 6.96. The lowest BCUT2D eigenvalue weighted by molar-refractivity contribution is 0.243. The zero-order chi connectivity index (χ0) is 14.7. The minimum absolute atomic E-state index is 0.128. The van der Waals surface area contributed by atoms with Gasteiger partial charge in [0.05, 0.1) is 6.54 Å². The predicted octanol–water partition coefficient (Wildman–Crippen LogP) is 2.92. The van der Waals surface area contributed by atoms with Crippen LogP contribution in [0, 0.1) is 20.8 Å². The summed E-state index contributed by atoms with van der Waals surface area (Å²) in [5.74, 6) is 1.88. The Morgan fingerprint density at radius 2 is 1.95 bits per heavy atom. The highest BCUT2D eigenvalue weighted by atomic mass is 16.3. The smallest absolute Gasteiger partial charge is 0.187 e. The number of aryl methyl sites for hydroxylation is 2. The molecule has 1 N–H and O–H groups in total. The van der Waals surface area contributed by atoms with Crippen LogP contribution in [-0.2, 0) is 13.1 Å². The van der Waals surface area contributed by atoms with E-state index < -0.39 is 0 Å². The minimum Gasteiger partial charge on any atom is -0.465 e. The van der Waals surface area contributed by atoms with Gasteiger partial charge in [-0.05, 0) is 39.4 Å². The Balaban J connectivity index is 2.14. The quantitative estimate of drug-likeness (QED) is 0.912. The van der Waals surface area contributed by atoms with Crippen molar-refractivity contribution in [3.63, 3.8) is 0 Å². The summed E-state index contributed by atoms with van der Waals surface area (Å²) >= 11 is 0. The van der Waals surface area contributed by atoms with E-state index in [9.17, 15) is 4.79 Å². The van der Waals surface area contributed by atoms with E-state index in [1.165, 1.54) is 0 Å². The van der Waals surface area contributed by atoms with Crippen LogP contribution in [0.2, 0.25) is 0 Å². The molecule has 0 bridgehead atoms. The summed E-state index contributed by atoms with van der Waals surface area (Å²) in [7, 11) is 0. The number of aromatic amines is 1. The molecule has 0 amide bonds. The number of nitrogens with zero attached hydrogens (tertiary/aromatic N) is 1. The Bertz CT molecular complexity index is 640. The fourth-order valence-electron chi connectivity index (χ4n) is 2.26. The van der Waals surface area contributed by atoms with Gasteiger partial charge >= 0.3 is 0 Å². The number of aromatic nitrogens is 1. The second-order valence-corrected chi connectivity index (χ2v) is 5.22. The first-order chi connectivity index (χ1) is 9.51. The molecule has 0 radical (unpaired) electrons. The van der Waals surface area contributed by atoms with Crippen molar-refractivity contribution in [3.05, 3.63) is 56.9 Å². The fourth-order valence-corrected chi connectivity index (χ4v) is 2.26. The summed E-state index contributed by atoms with van der Waals surface area (Å²) in [5.41, 5.74) is 2.67. The van der Waals surface area contributed by atoms with Crippen LogP contribution in [0.4, 0.5) is 0 Å². The molecule has 20 heavy (non-hydrogen) atoms. The number of rotatable bonds is 5. The van der Waals surface area contributed by atoms with Crippen LogP contribution < -0.4 is 5.43 Å². The van der Waals surface area contributed by atoms with Crippen molar-refractivity contribution in [3.8, 4) is 0 Å². The van der Waals surface area contributed by atoms with Crippen molar-refractivity contribution in [1.82, 2.24) is 9.88 Å². The molecule has 0 unspecified atom stereocenters. The lowest BCUT2D eigenvalue weighted by Crippen LogP contribution is -2.25. The molecule has 0 aliphatic heterocycles. The number of furan rings is 1. The van der Waals surface area contributed by atoms with Crippen LogP contribution in [0.15, 0.2) is 27.5 Å². The molecule has 2 rings (SSSR count). The molecule has 2 aromatic rings. The largest absolute Gasteiger partial charge is 0.465 e. The predicted molar refractivity (Wildman–Crippen MR) is 79.8 cm³/mol. The third-order valence-electron chi connectivity index (χ3n) is 3.62. The highest BCUT2D eigenvalue weighted by Gasteiger charge is 2.11. The average molecular weight is 274 g/mol. The number of hydrogen-bond donors (Lipinski definition) is 1. The lowest BCUT2D eigenvalue weighted by Gasteiger charge is -2.20. The maximum absolute atomic E-state index is 12.0. The second kappa shape index (κ2) is 6.09. The van der Waals surface area contributed by atoms with E-state index >= 15 is 0 Å². The SMILES string of the molecule is CCN(Cc1ccc(C)o1)Cc1[nH]cc(C)c(=O)c1C. The molecule has 0 aromatic carbocycles. The number of hydrogen-bond acceptors (Lipinski definition) is 3. The van der Waals surface area contributed by atoms with Gasteiger partial charge in [0.15, 0.2) is 5.43 Å². The Kier molecular flexibility index (Phi) is 4.45. The first-order valence-electron chi connectivity index (χ1n) is 6.96. The van der Waals surface area contributed by atoms with Gasteiger partial charge in [-0.15, -0.1) is 0 Å². The van der Waals surface area contributed by atoms with Gasteiger partial charge in [0.25, 0.3) is 0 Å². The van der Waals surface area contributed by atoms with E-state index in [1.54, 1.807) is 6.20 Å². The highest BCUT2D eigenvalue weighted by Crippen LogP contribution is 2.12. The first kappa shape index (κ1) is 14.6. The van der Waals surface area contributed by atoms with Crippen molar-refractivity contribution in [2.45, 2.75) is 40.8 Å². The van der Waals surface area contributed by atoms with E-state index in [0.29, 0.717) is 0 Å². The maximum atomic E-state index is 12.0. The summed E-state index contributed by atoms with van der Waals surface area (Å²) in [6.07, 6.45) is 1.79. The van der Waals surface area contributed by atoms with Gasteiger partial charge in [0.2, 0.25) is 0 Å². The summed E-state index contributed by atoms with van der Waals surface area (Å²) in [6, 6.07) is 3.98. The van der Waals surface area contributed by atoms with Crippen molar-refractivity contribution in [2.75, 3.05) is 6.54 Å². The molecule has 4 heteroatoms. The zero-order valence-corrected chi connectivity index (χ0v) is 12.6. The molecule has 2 heterocycles. The van der Waals surface area contributed by atoms with E-state index in [2.05, 4.69) is 16.8 Å². The summed E-state index contributed by atoms with van der Waals surface area (Å²) < 4.78 is 5.61. The van der Waals surface area contributed by atoms with Crippen LogP contribution in [0.5, 0.6) is 0 Å². The normalized spacial score (nSPS) is 11.2. The number of nitrogens with one attached hydrogen (secondary N) is 1. The Morgan fingerprint density at radius 1 is 1.20 bits per heavy atom. The summed E-state index contributed by atoms with van der Waals surface area (Å²) in [4.78, 5) is 17.4. The average Bonchev–Trinajstić information content (AvgIpc) is 2.83. The van der Waals surface area contributed by atoms with Gasteiger partial charge < -0.3 is 9.40 Å². The van der Waals surface area contributed by atoms with Crippen molar-refractivity contribution >= 4 is 0 Å². The fraction of sp³-hybridized carbons (Fsp3) is 0.438. The molecular formula is C16H22N2O2. The van der Waals surface area contributed by atoms with Crippen molar-refractivity contribution in [2.24, 2.45) is 0 Å². The van der Waals surface area contributed by atoms with Crippen LogP contribution >= 0.6 is 0 Å². The second-order valence-electron chi connectivity index (χ2n) is 5.22. The van der Waals surface area contributed by atoms with Crippen molar-refractivity contribution < 1.29 is 4.42 Å². The van der Waals surface area contributed by atoms with Gasteiger partial charge in [-0.3, -0.25) is 9.69 Å². The van der Waals surface area contributed by atoms with Gasteiger partial charge in [-0.25, -0.2) is 0 Å². The van der Waals surface area contributed by atoms with Crippen LogP contribution in [-0.4, -0.2) is 16.4 Å². The van der Waals surface area contributed by atoms with E-state index in [1.807, 2.05) is 32.9 Å². The maximum Gasteiger partial charge on any atom is 0.187 e. The third kappa shape index (κ3) is 3.20. The Morgan fingerprint density at radius 3 is 2.55 bits per heavy atom. The molecule has 0 fully saturated rings. The van der Waals surface area contributed by atoms with Gasteiger partial charge in [0, 0.05) is 29.6 Å². The highest BCUT2D eigenvalue weighted by molar-refractivity contribution is 5.23. The van der Waals surface area contributed by atoms with Gasteiger partial charge in [-0.1, -0.05) is 6.92 Å². The molecule has 0 atom stereocenters. The van der Waals surface area contributed by atoms with E-state index in [0.717, 1.165) is 48.0 Å². The minimum atomic E-state index is 0.128. The lowest BCUT2D eigenvalue weighted by atomic mass is 10.1. The zero-order valence-electron chi connectivity index (χ0n) is 12.6. The molecule has 2 aromatic heterocycles. The van der Waals surface area contributed by atoms with Crippen LogP contribution in [0.3, 0.4) is 0 Å². The van der Waals surface area contributed by atoms with Crippen molar-refractivity contribution in [1.29, 1.82) is 0 Å². The molecule has 0 aliphatic carbocycles. The Hall–Kier alpha value is -1.81.